The molecule has 0 spiro atoms. The highest BCUT2D eigenvalue weighted by Crippen LogP contribution is 2.34. The number of halogens is 1. The van der Waals surface area contributed by atoms with Gasteiger partial charge < -0.3 is 14.6 Å². The lowest BCUT2D eigenvalue weighted by molar-refractivity contribution is 0.251. The summed E-state index contributed by atoms with van der Waals surface area (Å²) in [6.07, 6.45) is 2.67. The second kappa shape index (κ2) is 5.30. The molecule has 19 heavy (non-hydrogen) atoms. The van der Waals surface area contributed by atoms with Crippen LogP contribution in [-0.4, -0.2) is 21.4 Å². The predicted octanol–water partition coefficient (Wildman–Crippen LogP) is 2.19. The SMILES string of the molecule is Cn1cnnc1CN[C@H]1CCOc2ccc(Br)cc21. The van der Waals surface area contributed by atoms with Gasteiger partial charge in [0.1, 0.15) is 17.9 Å². The van der Waals surface area contributed by atoms with Crippen LogP contribution in [0.25, 0.3) is 0 Å². The van der Waals surface area contributed by atoms with Crippen molar-refractivity contribution >= 4 is 15.9 Å². The maximum absolute atomic E-state index is 5.68. The molecule has 0 bridgehead atoms. The van der Waals surface area contributed by atoms with Gasteiger partial charge in [-0.05, 0) is 18.2 Å². The second-order valence-corrected chi connectivity index (χ2v) is 5.53. The largest absolute Gasteiger partial charge is 0.493 e. The van der Waals surface area contributed by atoms with Gasteiger partial charge in [-0.1, -0.05) is 15.9 Å². The Hall–Kier alpha value is -1.40. The van der Waals surface area contributed by atoms with Gasteiger partial charge in [0, 0.05) is 29.5 Å². The van der Waals surface area contributed by atoms with E-state index in [1.807, 2.05) is 23.7 Å². The van der Waals surface area contributed by atoms with Crippen LogP contribution in [0.5, 0.6) is 5.75 Å². The first-order valence-corrected chi connectivity index (χ1v) is 7.02. The van der Waals surface area contributed by atoms with Gasteiger partial charge in [-0.15, -0.1) is 10.2 Å². The van der Waals surface area contributed by atoms with E-state index in [0.717, 1.165) is 29.1 Å². The van der Waals surface area contributed by atoms with E-state index in [2.05, 4.69) is 37.5 Å². The van der Waals surface area contributed by atoms with Crippen molar-refractivity contribution in [2.75, 3.05) is 6.61 Å². The molecule has 1 aromatic carbocycles. The molecule has 1 aliphatic heterocycles. The van der Waals surface area contributed by atoms with E-state index in [1.165, 1.54) is 5.56 Å². The van der Waals surface area contributed by atoms with Gasteiger partial charge in [0.25, 0.3) is 0 Å². The third kappa shape index (κ3) is 2.64. The van der Waals surface area contributed by atoms with Gasteiger partial charge in [-0.3, -0.25) is 0 Å². The van der Waals surface area contributed by atoms with E-state index >= 15 is 0 Å². The number of aromatic nitrogens is 3. The fourth-order valence-electron chi connectivity index (χ4n) is 2.26. The highest BCUT2D eigenvalue weighted by atomic mass is 79.9. The molecule has 2 heterocycles. The molecular weight excluding hydrogens is 308 g/mol. The molecule has 2 aromatic rings. The molecule has 5 nitrogen and oxygen atoms in total. The third-order valence-corrected chi connectivity index (χ3v) is 3.82. The molecule has 0 saturated heterocycles. The van der Waals surface area contributed by atoms with E-state index < -0.39 is 0 Å². The molecule has 0 amide bonds. The Morgan fingerprint density at radius 3 is 3.21 bits per heavy atom. The topological polar surface area (TPSA) is 52.0 Å². The average Bonchev–Trinajstić information content (AvgIpc) is 2.82. The Bertz CT molecular complexity index is 584. The number of benzene rings is 1. The Morgan fingerprint density at radius 1 is 1.53 bits per heavy atom. The fraction of sp³-hybridized carbons (Fsp3) is 0.385. The maximum Gasteiger partial charge on any atom is 0.146 e. The van der Waals surface area contributed by atoms with Crippen LogP contribution in [0.4, 0.5) is 0 Å². The van der Waals surface area contributed by atoms with E-state index in [4.69, 9.17) is 4.74 Å². The van der Waals surface area contributed by atoms with Gasteiger partial charge in [-0.25, -0.2) is 0 Å². The summed E-state index contributed by atoms with van der Waals surface area (Å²) in [6.45, 7) is 1.44. The van der Waals surface area contributed by atoms with Crippen molar-refractivity contribution in [1.29, 1.82) is 0 Å². The van der Waals surface area contributed by atoms with Crippen molar-refractivity contribution in [3.8, 4) is 5.75 Å². The van der Waals surface area contributed by atoms with Crippen LogP contribution < -0.4 is 10.1 Å². The van der Waals surface area contributed by atoms with Crippen LogP contribution in [-0.2, 0) is 13.6 Å². The van der Waals surface area contributed by atoms with Gasteiger partial charge in [0.05, 0.1) is 13.2 Å². The Kier molecular flexibility index (Phi) is 3.52. The van der Waals surface area contributed by atoms with Crippen molar-refractivity contribution < 1.29 is 4.74 Å². The molecular formula is C13H15BrN4O. The van der Waals surface area contributed by atoms with Crippen molar-refractivity contribution in [2.45, 2.75) is 19.0 Å². The smallest absolute Gasteiger partial charge is 0.146 e. The molecule has 0 unspecified atom stereocenters. The first-order chi connectivity index (χ1) is 9.24. The molecule has 3 rings (SSSR count). The van der Waals surface area contributed by atoms with Gasteiger partial charge in [0.15, 0.2) is 0 Å². The Balaban J connectivity index is 1.76. The van der Waals surface area contributed by atoms with Crippen molar-refractivity contribution in [3.63, 3.8) is 0 Å². The zero-order valence-electron chi connectivity index (χ0n) is 10.6. The molecule has 1 aromatic heterocycles. The number of ether oxygens (including phenoxy) is 1. The van der Waals surface area contributed by atoms with Gasteiger partial charge in [-0.2, -0.15) is 0 Å². The lowest BCUT2D eigenvalue weighted by Crippen LogP contribution is -2.27. The molecule has 100 valence electrons. The zero-order valence-corrected chi connectivity index (χ0v) is 12.2. The third-order valence-electron chi connectivity index (χ3n) is 3.32. The number of hydrogen-bond donors (Lipinski definition) is 1. The minimum absolute atomic E-state index is 0.290. The summed E-state index contributed by atoms with van der Waals surface area (Å²) in [7, 11) is 1.95. The highest BCUT2D eigenvalue weighted by molar-refractivity contribution is 9.10. The quantitative estimate of drug-likeness (QED) is 0.941. The van der Waals surface area contributed by atoms with Crippen LogP contribution in [0.15, 0.2) is 29.0 Å². The molecule has 1 atom stereocenters. The van der Waals surface area contributed by atoms with E-state index in [9.17, 15) is 0 Å². The summed E-state index contributed by atoms with van der Waals surface area (Å²) in [5, 5.41) is 11.5. The number of rotatable bonds is 3. The lowest BCUT2D eigenvalue weighted by Gasteiger charge is -2.26. The summed E-state index contributed by atoms with van der Waals surface area (Å²) in [4.78, 5) is 0. The fourth-order valence-corrected chi connectivity index (χ4v) is 2.64. The molecule has 0 saturated carbocycles. The molecule has 1 N–H and O–H groups in total. The van der Waals surface area contributed by atoms with Gasteiger partial charge >= 0.3 is 0 Å². The number of nitrogens with one attached hydrogen (secondary N) is 1. The number of fused-ring (bicyclic) bond motifs is 1. The van der Waals surface area contributed by atoms with Crippen LogP contribution in [0.2, 0.25) is 0 Å². The average molecular weight is 323 g/mol. The van der Waals surface area contributed by atoms with Crippen molar-refractivity contribution in [2.24, 2.45) is 7.05 Å². The molecule has 0 aliphatic carbocycles. The van der Waals surface area contributed by atoms with Crippen molar-refractivity contribution in [3.05, 3.63) is 40.4 Å². The molecule has 6 heteroatoms. The van der Waals surface area contributed by atoms with E-state index in [1.54, 1.807) is 6.33 Å². The Morgan fingerprint density at radius 2 is 2.42 bits per heavy atom. The lowest BCUT2D eigenvalue weighted by atomic mass is 10.0. The maximum atomic E-state index is 5.68. The molecule has 1 aliphatic rings. The predicted molar refractivity (Wildman–Crippen MR) is 74.8 cm³/mol. The minimum atomic E-state index is 0.290. The highest BCUT2D eigenvalue weighted by Gasteiger charge is 2.21. The first kappa shape index (κ1) is 12.6. The number of nitrogens with zero attached hydrogens (tertiary/aromatic N) is 3. The molecule has 0 fully saturated rings. The summed E-state index contributed by atoms with van der Waals surface area (Å²) in [5.74, 6) is 1.90. The Labute approximate surface area is 120 Å². The molecule has 0 radical (unpaired) electrons. The second-order valence-electron chi connectivity index (χ2n) is 4.61. The van der Waals surface area contributed by atoms with Crippen LogP contribution in [0, 0.1) is 0 Å². The number of aryl methyl sites for hydroxylation is 1. The zero-order chi connectivity index (χ0) is 13.2. The van der Waals surface area contributed by atoms with E-state index in [-0.39, 0.29) is 6.04 Å². The first-order valence-electron chi connectivity index (χ1n) is 6.22. The van der Waals surface area contributed by atoms with Crippen LogP contribution in [0.1, 0.15) is 23.9 Å². The van der Waals surface area contributed by atoms with Crippen LogP contribution >= 0.6 is 15.9 Å². The number of hydrogen-bond acceptors (Lipinski definition) is 4. The summed E-state index contributed by atoms with van der Waals surface area (Å²) >= 11 is 3.51. The summed E-state index contributed by atoms with van der Waals surface area (Å²) < 4.78 is 8.67. The van der Waals surface area contributed by atoms with Crippen LogP contribution in [0.3, 0.4) is 0 Å². The van der Waals surface area contributed by atoms with Gasteiger partial charge in [0.2, 0.25) is 0 Å². The summed E-state index contributed by atoms with van der Waals surface area (Å²) in [5.41, 5.74) is 1.20. The normalized spacial score (nSPS) is 17.9. The summed E-state index contributed by atoms with van der Waals surface area (Å²) in [6, 6.07) is 6.42. The standard InChI is InChI=1S/C13H15BrN4O/c1-18-8-16-17-13(18)7-15-11-4-5-19-12-3-2-9(14)6-10(11)12/h2-3,6,8,11,15H,4-5,7H2,1H3/t11-/m0/s1. The van der Waals surface area contributed by atoms with E-state index in [0.29, 0.717) is 6.54 Å². The van der Waals surface area contributed by atoms with Crippen molar-refractivity contribution in [1.82, 2.24) is 20.1 Å². The monoisotopic (exact) mass is 322 g/mol. The minimum Gasteiger partial charge on any atom is -0.493 e.